The van der Waals surface area contributed by atoms with Crippen LogP contribution in [0, 0.1) is 0 Å². The highest BCUT2D eigenvalue weighted by Crippen LogP contribution is 2.11. The van der Waals surface area contributed by atoms with Gasteiger partial charge in [0, 0.05) is 19.7 Å². The average Bonchev–Trinajstić information content (AvgIpc) is 2.32. The van der Waals surface area contributed by atoms with Gasteiger partial charge in [0.15, 0.2) is 0 Å². The molecule has 0 amide bonds. The van der Waals surface area contributed by atoms with Crippen LogP contribution in [0.25, 0.3) is 0 Å². The van der Waals surface area contributed by atoms with Crippen LogP contribution < -0.4 is 5.32 Å². The van der Waals surface area contributed by atoms with Crippen LogP contribution in [0.3, 0.4) is 0 Å². The van der Waals surface area contributed by atoms with E-state index < -0.39 is 0 Å². The van der Waals surface area contributed by atoms with Crippen LogP contribution in [0.2, 0.25) is 0 Å². The van der Waals surface area contributed by atoms with Crippen LogP contribution in [-0.4, -0.2) is 45.3 Å². The zero-order valence-corrected chi connectivity index (χ0v) is 9.24. The second-order valence-electron chi connectivity index (χ2n) is 4.25. The lowest BCUT2D eigenvalue weighted by Gasteiger charge is -2.26. The summed E-state index contributed by atoms with van der Waals surface area (Å²) in [5, 5.41) is 3.42. The van der Waals surface area contributed by atoms with Gasteiger partial charge < -0.3 is 19.5 Å². The molecule has 4 nitrogen and oxygen atoms in total. The summed E-state index contributed by atoms with van der Waals surface area (Å²) in [5.41, 5.74) is 0. The van der Waals surface area contributed by atoms with Crippen LogP contribution in [0.1, 0.15) is 25.7 Å². The molecule has 1 N–H and O–H groups in total. The van der Waals surface area contributed by atoms with Crippen LogP contribution in [-0.2, 0) is 14.2 Å². The van der Waals surface area contributed by atoms with E-state index in [-0.39, 0.29) is 0 Å². The first-order valence-corrected chi connectivity index (χ1v) is 5.97. The van der Waals surface area contributed by atoms with E-state index in [1.54, 1.807) is 0 Å². The second-order valence-corrected chi connectivity index (χ2v) is 4.25. The zero-order valence-electron chi connectivity index (χ0n) is 9.24. The predicted molar refractivity (Wildman–Crippen MR) is 56.8 cm³/mol. The molecule has 15 heavy (non-hydrogen) atoms. The maximum Gasteiger partial charge on any atom is 0.147 e. The van der Waals surface area contributed by atoms with Crippen molar-refractivity contribution in [2.24, 2.45) is 0 Å². The van der Waals surface area contributed by atoms with Gasteiger partial charge in [0.2, 0.25) is 0 Å². The smallest absolute Gasteiger partial charge is 0.147 e. The van der Waals surface area contributed by atoms with Crippen molar-refractivity contribution in [1.82, 2.24) is 5.32 Å². The lowest BCUT2D eigenvalue weighted by Crippen LogP contribution is -2.38. The third-order valence-corrected chi connectivity index (χ3v) is 2.99. The molecule has 0 aromatic rings. The Bertz CT molecular complexity index is 147. The summed E-state index contributed by atoms with van der Waals surface area (Å²) in [7, 11) is 0. The van der Waals surface area contributed by atoms with E-state index in [1.807, 2.05) is 0 Å². The van der Waals surface area contributed by atoms with Crippen LogP contribution in [0.5, 0.6) is 0 Å². The Labute approximate surface area is 91.3 Å². The molecule has 2 fully saturated rings. The van der Waals surface area contributed by atoms with Crippen LogP contribution in [0.15, 0.2) is 0 Å². The number of ether oxygens (including phenoxy) is 3. The lowest BCUT2D eigenvalue weighted by molar-refractivity contribution is -0.137. The first-order chi connectivity index (χ1) is 7.45. The molecule has 2 unspecified atom stereocenters. The van der Waals surface area contributed by atoms with E-state index >= 15 is 0 Å². The molecular weight excluding hydrogens is 194 g/mol. The molecule has 0 radical (unpaired) electrons. The molecule has 0 saturated carbocycles. The lowest BCUT2D eigenvalue weighted by atomic mass is 10.1. The molecule has 88 valence electrons. The average molecular weight is 215 g/mol. The van der Waals surface area contributed by atoms with Gasteiger partial charge in [-0.3, -0.25) is 0 Å². The Morgan fingerprint density at radius 3 is 2.47 bits per heavy atom. The maximum atomic E-state index is 5.64. The van der Waals surface area contributed by atoms with Gasteiger partial charge in [0.05, 0.1) is 18.8 Å². The minimum atomic E-state index is 0.322. The number of hydrogen-bond acceptors (Lipinski definition) is 4. The summed E-state index contributed by atoms with van der Waals surface area (Å²) in [6.07, 6.45) is 5.46. The quantitative estimate of drug-likeness (QED) is 0.756. The molecule has 2 aliphatic heterocycles. The molecule has 4 heteroatoms. The summed E-state index contributed by atoms with van der Waals surface area (Å²) in [5.74, 6) is 0. The van der Waals surface area contributed by atoms with E-state index in [0.29, 0.717) is 19.0 Å². The third kappa shape index (κ3) is 4.07. The van der Waals surface area contributed by atoms with Gasteiger partial charge in [-0.2, -0.15) is 0 Å². The Morgan fingerprint density at radius 2 is 1.80 bits per heavy atom. The highest BCUT2D eigenvalue weighted by Gasteiger charge is 2.16. The molecule has 2 atom stereocenters. The highest BCUT2D eigenvalue weighted by molar-refractivity contribution is 4.69. The first kappa shape index (κ1) is 11.3. The van der Waals surface area contributed by atoms with Gasteiger partial charge in [-0.15, -0.1) is 0 Å². The summed E-state index contributed by atoms with van der Waals surface area (Å²) in [6, 6.07) is 0. The third-order valence-electron chi connectivity index (χ3n) is 2.99. The summed E-state index contributed by atoms with van der Waals surface area (Å²) < 4.78 is 16.2. The molecule has 2 saturated heterocycles. The molecule has 0 aromatic carbocycles. The summed E-state index contributed by atoms with van der Waals surface area (Å²) in [6.45, 7) is 4.09. The van der Waals surface area contributed by atoms with Gasteiger partial charge in [-0.25, -0.2) is 0 Å². The van der Waals surface area contributed by atoms with E-state index in [4.69, 9.17) is 14.2 Å². The van der Waals surface area contributed by atoms with Crippen LogP contribution in [0.4, 0.5) is 0 Å². The Hall–Kier alpha value is -0.160. The molecule has 0 aliphatic carbocycles. The van der Waals surface area contributed by atoms with Gasteiger partial charge >= 0.3 is 0 Å². The number of nitrogens with one attached hydrogen (secondary N) is 1. The zero-order chi connectivity index (χ0) is 10.3. The van der Waals surface area contributed by atoms with Crippen molar-refractivity contribution in [2.45, 2.75) is 37.9 Å². The molecule has 2 heterocycles. The SMILES string of the molecule is C1CCC(CNCC2CCOCO2)OC1. The minimum Gasteiger partial charge on any atom is -0.377 e. The van der Waals surface area contributed by atoms with Crippen molar-refractivity contribution in [1.29, 1.82) is 0 Å². The van der Waals surface area contributed by atoms with E-state index in [9.17, 15) is 0 Å². The Balaban J connectivity index is 1.53. The van der Waals surface area contributed by atoms with Gasteiger partial charge in [0.25, 0.3) is 0 Å². The largest absolute Gasteiger partial charge is 0.377 e. The second kappa shape index (κ2) is 6.43. The van der Waals surface area contributed by atoms with E-state index in [1.165, 1.54) is 19.3 Å². The highest BCUT2D eigenvalue weighted by atomic mass is 16.7. The summed E-state index contributed by atoms with van der Waals surface area (Å²) in [4.78, 5) is 0. The van der Waals surface area contributed by atoms with Gasteiger partial charge in [-0.05, 0) is 25.7 Å². The fraction of sp³-hybridized carbons (Fsp3) is 1.00. The predicted octanol–water partition coefficient (Wildman–Crippen LogP) is 0.908. The monoisotopic (exact) mass is 215 g/mol. The topological polar surface area (TPSA) is 39.7 Å². The fourth-order valence-corrected chi connectivity index (χ4v) is 2.04. The van der Waals surface area contributed by atoms with Crippen molar-refractivity contribution >= 4 is 0 Å². The standard InChI is InChI=1S/C11H21NO3/c1-2-5-14-10(3-1)7-12-8-11-4-6-13-9-15-11/h10-12H,1-9H2. The molecule has 2 aliphatic rings. The van der Waals surface area contributed by atoms with Crippen molar-refractivity contribution in [3.05, 3.63) is 0 Å². The Morgan fingerprint density at radius 1 is 0.933 bits per heavy atom. The first-order valence-electron chi connectivity index (χ1n) is 5.97. The van der Waals surface area contributed by atoms with Crippen molar-refractivity contribution in [3.8, 4) is 0 Å². The van der Waals surface area contributed by atoms with Crippen molar-refractivity contribution in [2.75, 3.05) is 33.1 Å². The van der Waals surface area contributed by atoms with Gasteiger partial charge in [-0.1, -0.05) is 0 Å². The normalized spacial score (nSPS) is 32.8. The van der Waals surface area contributed by atoms with Crippen molar-refractivity contribution < 1.29 is 14.2 Å². The minimum absolute atomic E-state index is 0.322. The molecule has 2 rings (SSSR count). The fourth-order valence-electron chi connectivity index (χ4n) is 2.04. The summed E-state index contributed by atoms with van der Waals surface area (Å²) >= 11 is 0. The molecular formula is C11H21NO3. The molecule has 0 aromatic heterocycles. The number of rotatable bonds is 4. The van der Waals surface area contributed by atoms with Crippen molar-refractivity contribution in [3.63, 3.8) is 0 Å². The van der Waals surface area contributed by atoms with E-state index in [0.717, 1.165) is 32.7 Å². The van der Waals surface area contributed by atoms with Gasteiger partial charge in [0.1, 0.15) is 6.79 Å². The maximum absolute atomic E-state index is 5.64. The molecule has 0 bridgehead atoms. The molecule has 0 spiro atoms. The van der Waals surface area contributed by atoms with E-state index in [2.05, 4.69) is 5.32 Å². The van der Waals surface area contributed by atoms with Crippen LogP contribution >= 0.6 is 0 Å². The Kier molecular flexibility index (Phi) is 4.86. The number of hydrogen-bond donors (Lipinski definition) is 1.